The molecule has 0 aliphatic carbocycles. The molecular weight excluding hydrogens is 243 g/mol. The second kappa shape index (κ2) is 4.66. The molecule has 0 aliphatic rings. The molecule has 0 aliphatic heterocycles. The zero-order chi connectivity index (χ0) is 13.1. The average molecular weight is 250 g/mol. The predicted molar refractivity (Wildman–Crippen MR) is 59.7 cm³/mol. The summed E-state index contributed by atoms with van der Waals surface area (Å²) in [6.07, 6.45) is 1.32. The van der Waals surface area contributed by atoms with Crippen molar-refractivity contribution in [3.8, 4) is 0 Å². The Kier molecular flexibility index (Phi) is 3.05. The highest BCUT2D eigenvalue weighted by Crippen LogP contribution is 2.21. The molecule has 1 aromatic carbocycles. The van der Waals surface area contributed by atoms with Crippen molar-refractivity contribution in [2.45, 2.75) is 0 Å². The van der Waals surface area contributed by atoms with E-state index in [0.717, 1.165) is 12.1 Å². The van der Waals surface area contributed by atoms with Crippen molar-refractivity contribution >= 4 is 17.3 Å². The lowest BCUT2D eigenvalue weighted by Gasteiger charge is -2.03. The van der Waals surface area contributed by atoms with Gasteiger partial charge in [0.15, 0.2) is 5.76 Å². The lowest BCUT2D eigenvalue weighted by atomic mass is 10.2. The molecule has 1 amide bonds. The van der Waals surface area contributed by atoms with E-state index in [-0.39, 0.29) is 11.4 Å². The van der Waals surface area contributed by atoms with Crippen LogP contribution >= 0.6 is 0 Å². The molecule has 1 heterocycles. The molecule has 2 rings (SSSR count). The first-order valence-corrected chi connectivity index (χ1v) is 4.87. The third kappa shape index (κ3) is 2.34. The molecule has 0 unspecified atom stereocenters. The highest BCUT2D eigenvalue weighted by Gasteiger charge is 2.15. The van der Waals surface area contributed by atoms with Crippen LogP contribution in [0.25, 0.3) is 0 Å². The van der Waals surface area contributed by atoms with Gasteiger partial charge < -0.3 is 9.73 Å². The van der Waals surface area contributed by atoms with Crippen molar-refractivity contribution in [3.05, 3.63) is 58.3 Å². The zero-order valence-corrected chi connectivity index (χ0v) is 8.92. The van der Waals surface area contributed by atoms with Crippen LogP contribution in [-0.2, 0) is 0 Å². The third-order valence-corrected chi connectivity index (χ3v) is 2.15. The van der Waals surface area contributed by atoms with Gasteiger partial charge in [-0.05, 0) is 18.2 Å². The van der Waals surface area contributed by atoms with Crippen molar-refractivity contribution in [3.63, 3.8) is 0 Å². The normalized spacial score (nSPS) is 10.1. The smallest absolute Gasteiger partial charge is 0.304 e. The molecule has 0 radical (unpaired) electrons. The monoisotopic (exact) mass is 250 g/mol. The Bertz CT molecular complexity index is 595. The number of rotatable bonds is 3. The second-order valence-corrected chi connectivity index (χ2v) is 3.35. The predicted octanol–water partition coefficient (Wildman–Crippen LogP) is 2.58. The molecule has 18 heavy (non-hydrogen) atoms. The minimum Gasteiger partial charge on any atom is -0.459 e. The average Bonchev–Trinajstić information content (AvgIpc) is 2.81. The minimum absolute atomic E-state index is 0.0637. The molecule has 7 heteroatoms. The molecule has 2 aromatic rings. The van der Waals surface area contributed by atoms with E-state index in [4.69, 9.17) is 4.42 Å². The van der Waals surface area contributed by atoms with Gasteiger partial charge in [0, 0.05) is 17.8 Å². The fourth-order valence-electron chi connectivity index (χ4n) is 1.33. The van der Waals surface area contributed by atoms with Crippen molar-refractivity contribution in [2.75, 3.05) is 5.32 Å². The van der Waals surface area contributed by atoms with Gasteiger partial charge in [-0.3, -0.25) is 14.9 Å². The van der Waals surface area contributed by atoms with Gasteiger partial charge >= 0.3 is 5.69 Å². The van der Waals surface area contributed by atoms with Crippen LogP contribution in [0.15, 0.2) is 41.0 Å². The Morgan fingerprint density at radius 2 is 2.17 bits per heavy atom. The first kappa shape index (κ1) is 11.8. The molecule has 0 bridgehead atoms. The SMILES string of the molecule is O=C(Nc1ccc([N+](=O)[O-])c(F)c1)c1ccco1. The molecular formula is C11H7FN2O4. The summed E-state index contributed by atoms with van der Waals surface area (Å²) in [5.74, 6) is -1.51. The molecule has 6 nitrogen and oxygen atoms in total. The first-order chi connectivity index (χ1) is 8.58. The van der Waals surface area contributed by atoms with Crippen molar-refractivity contribution in [2.24, 2.45) is 0 Å². The van der Waals surface area contributed by atoms with Crippen LogP contribution < -0.4 is 5.32 Å². The Hall–Kier alpha value is -2.70. The molecule has 0 spiro atoms. The van der Waals surface area contributed by atoms with Gasteiger partial charge in [0.05, 0.1) is 11.2 Å². The number of benzene rings is 1. The van der Waals surface area contributed by atoms with Crippen LogP contribution in [0.2, 0.25) is 0 Å². The second-order valence-electron chi connectivity index (χ2n) is 3.35. The van der Waals surface area contributed by atoms with E-state index in [1.165, 1.54) is 24.5 Å². The van der Waals surface area contributed by atoms with E-state index < -0.39 is 22.3 Å². The standard InChI is InChI=1S/C11H7FN2O4/c12-8-6-7(3-4-9(8)14(16)17)13-11(15)10-2-1-5-18-10/h1-6H,(H,13,15). The number of furan rings is 1. The van der Waals surface area contributed by atoms with Gasteiger partial charge in [0.2, 0.25) is 5.82 Å². The molecule has 0 saturated carbocycles. The summed E-state index contributed by atoms with van der Waals surface area (Å²) in [5.41, 5.74) is -0.537. The summed E-state index contributed by atoms with van der Waals surface area (Å²) >= 11 is 0. The van der Waals surface area contributed by atoms with Crippen LogP contribution in [0.1, 0.15) is 10.6 Å². The summed E-state index contributed by atoms with van der Waals surface area (Å²) in [4.78, 5) is 21.1. The van der Waals surface area contributed by atoms with Crippen molar-refractivity contribution < 1.29 is 18.5 Å². The largest absolute Gasteiger partial charge is 0.459 e. The Balaban J connectivity index is 2.18. The van der Waals surface area contributed by atoms with Crippen molar-refractivity contribution in [1.82, 2.24) is 0 Å². The Labute approximate surface area is 100 Å². The Morgan fingerprint density at radius 3 is 2.72 bits per heavy atom. The first-order valence-electron chi connectivity index (χ1n) is 4.87. The maximum absolute atomic E-state index is 13.3. The van der Waals surface area contributed by atoms with E-state index in [1.54, 1.807) is 0 Å². The molecule has 92 valence electrons. The topological polar surface area (TPSA) is 85.4 Å². The number of carbonyl (C=O) groups is 1. The summed E-state index contributed by atoms with van der Waals surface area (Å²) in [6, 6.07) is 6.07. The molecule has 1 N–H and O–H groups in total. The van der Waals surface area contributed by atoms with Gasteiger partial charge in [-0.2, -0.15) is 4.39 Å². The van der Waals surface area contributed by atoms with Crippen LogP contribution in [0.3, 0.4) is 0 Å². The third-order valence-electron chi connectivity index (χ3n) is 2.15. The lowest BCUT2D eigenvalue weighted by Crippen LogP contribution is -2.11. The maximum atomic E-state index is 13.3. The van der Waals surface area contributed by atoms with E-state index in [0.29, 0.717) is 0 Å². The van der Waals surface area contributed by atoms with E-state index in [2.05, 4.69) is 5.32 Å². The number of hydrogen-bond donors (Lipinski definition) is 1. The number of carbonyl (C=O) groups excluding carboxylic acids is 1. The summed E-state index contributed by atoms with van der Waals surface area (Å²) < 4.78 is 18.1. The van der Waals surface area contributed by atoms with E-state index >= 15 is 0 Å². The maximum Gasteiger partial charge on any atom is 0.304 e. The fourth-order valence-corrected chi connectivity index (χ4v) is 1.33. The van der Waals surface area contributed by atoms with E-state index in [1.807, 2.05) is 0 Å². The van der Waals surface area contributed by atoms with Gasteiger partial charge in [-0.25, -0.2) is 0 Å². The lowest BCUT2D eigenvalue weighted by molar-refractivity contribution is -0.387. The number of nitrogens with zero attached hydrogens (tertiary/aromatic N) is 1. The quantitative estimate of drug-likeness (QED) is 0.670. The number of nitro groups is 1. The number of hydrogen-bond acceptors (Lipinski definition) is 4. The summed E-state index contributed by atoms with van der Waals surface area (Å²) in [6.45, 7) is 0. The van der Waals surface area contributed by atoms with E-state index in [9.17, 15) is 19.3 Å². The van der Waals surface area contributed by atoms with Gasteiger partial charge in [-0.1, -0.05) is 0 Å². The summed E-state index contributed by atoms with van der Waals surface area (Å²) in [7, 11) is 0. The highest BCUT2D eigenvalue weighted by atomic mass is 19.1. The number of halogens is 1. The van der Waals surface area contributed by atoms with Crippen LogP contribution in [0.4, 0.5) is 15.8 Å². The molecule has 0 atom stereocenters. The number of anilines is 1. The summed E-state index contributed by atoms with van der Waals surface area (Å²) in [5, 5.41) is 12.8. The molecule has 0 saturated heterocycles. The van der Waals surface area contributed by atoms with Gasteiger partial charge in [0.25, 0.3) is 5.91 Å². The minimum atomic E-state index is -1.02. The van der Waals surface area contributed by atoms with Gasteiger partial charge in [0.1, 0.15) is 0 Å². The number of nitrogens with one attached hydrogen (secondary N) is 1. The molecule has 1 aromatic heterocycles. The van der Waals surface area contributed by atoms with Gasteiger partial charge in [-0.15, -0.1) is 0 Å². The zero-order valence-electron chi connectivity index (χ0n) is 8.92. The van der Waals surface area contributed by atoms with Crippen LogP contribution in [0.5, 0.6) is 0 Å². The van der Waals surface area contributed by atoms with Crippen LogP contribution in [-0.4, -0.2) is 10.8 Å². The highest BCUT2D eigenvalue weighted by molar-refractivity contribution is 6.02. The van der Waals surface area contributed by atoms with Crippen molar-refractivity contribution in [1.29, 1.82) is 0 Å². The Morgan fingerprint density at radius 1 is 1.39 bits per heavy atom. The van der Waals surface area contributed by atoms with Crippen LogP contribution in [0, 0.1) is 15.9 Å². The fraction of sp³-hybridized carbons (Fsp3) is 0. The number of nitro benzene ring substituents is 1. The number of amides is 1. The molecule has 0 fully saturated rings.